The zero-order chi connectivity index (χ0) is 27.5. The summed E-state index contributed by atoms with van der Waals surface area (Å²) in [7, 11) is 0. The van der Waals surface area contributed by atoms with Crippen molar-refractivity contribution in [3.05, 3.63) is 58.1 Å². The van der Waals surface area contributed by atoms with Gasteiger partial charge in [0.2, 0.25) is 12.7 Å². The van der Waals surface area contributed by atoms with Crippen LogP contribution < -0.4 is 25.0 Å². The van der Waals surface area contributed by atoms with Gasteiger partial charge in [-0.25, -0.2) is 5.43 Å². The predicted octanol–water partition coefficient (Wildman–Crippen LogP) is 4.57. The van der Waals surface area contributed by atoms with Gasteiger partial charge in [-0.3, -0.25) is 10.1 Å². The van der Waals surface area contributed by atoms with E-state index in [1.165, 1.54) is 18.3 Å². The first kappa shape index (κ1) is 26.2. The van der Waals surface area contributed by atoms with Crippen molar-refractivity contribution in [2.45, 2.75) is 18.5 Å². The fraction of sp³-hybridized carbons (Fsp3) is 0.200. The highest BCUT2D eigenvalue weighted by Crippen LogP contribution is 2.36. The molecule has 0 unspecified atom stereocenters. The highest BCUT2D eigenvalue weighted by Gasteiger charge is 2.59. The van der Waals surface area contributed by atoms with E-state index in [-0.39, 0.29) is 18.2 Å². The zero-order valence-corrected chi connectivity index (χ0v) is 18.4. The minimum Gasteiger partial charge on any atom is -0.454 e. The van der Waals surface area contributed by atoms with Gasteiger partial charge in [0, 0.05) is 17.8 Å². The second-order valence-corrected chi connectivity index (χ2v) is 7.26. The van der Waals surface area contributed by atoms with E-state index in [0.29, 0.717) is 17.1 Å². The molecular weight excluding hydrogens is 532 g/mol. The summed E-state index contributed by atoms with van der Waals surface area (Å²) >= 11 is 0. The maximum atomic E-state index is 13.0. The molecule has 0 saturated heterocycles. The van der Waals surface area contributed by atoms with Crippen LogP contribution in [-0.2, 0) is 0 Å². The number of nitro groups is 1. The molecule has 2 aromatic carbocycles. The van der Waals surface area contributed by atoms with Gasteiger partial charge in [0.05, 0.1) is 11.1 Å². The first-order valence-electron chi connectivity index (χ1n) is 10.1. The Bertz CT molecular complexity index is 1340. The summed E-state index contributed by atoms with van der Waals surface area (Å²) in [6.45, 7) is 0.0309. The quantitative estimate of drug-likeness (QED) is 0.179. The molecule has 0 bridgehead atoms. The van der Waals surface area contributed by atoms with Crippen LogP contribution in [0.25, 0.3) is 0 Å². The van der Waals surface area contributed by atoms with Gasteiger partial charge in [0.1, 0.15) is 0 Å². The smallest absolute Gasteiger partial charge is 0.434 e. The maximum Gasteiger partial charge on any atom is 0.434 e. The van der Waals surface area contributed by atoms with E-state index in [4.69, 9.17) is 9.47 Å². The van der Waals surface area contributed by atoms with Crippen molar-refractivity contribution in [1.82, 2.24) is 15.0 Å². The summed E-state index contributed by atoms with van der Waals surface area (Å²) in [5.41, 5.74) is 2.60. The second-order valence-electron chi connectivity index (χ2n) is 7.26. The largest absolute Gasteiger partial charge is 0.454 e. The number of alkyl halides is 6. The number of anilines is 3. The molecule has 0 aliphatic carbocycles. The van der Waals surface area contributed by atoms with Crippen molar-refractivity contribution >= 4 is 29.5 Å². The van der Waals surface area contributed by atoms with E-state index in [1.54, 1.807) is 18.2 Å². The Morgan fingerprint density at radius 1 is 0.974 bits per heavy atom. The van der Waals surface area contributed by atoms with Gasteiger partial charge in [-0.2, -0.15) is 46.4 Å². The lowest BCUT2D eigenvalue weighted by Crippen LogP contribution is -2.46. The maximum absolute atomic E-state index is 13.0. The third-order valence-corrected chi connectivity index (χ3v) is 4.54. The minimum atomic E-state index is -5.83. The van der Waals surface area contributed by atoms with Crippen LogP contribution in [0.4, 0.5) is 49.6 Å². The highest BCUT2D eigenvalue weighted by molar-refractivity contribution is 5.81. The summed E-state index contributed by atoms with van der Waals surface area (Å²) in [6.07, 6.45) is -14.7. The van der Waals surface area contributed by atoms with Crippen LogP contribution in [0, 0.1) is 10.1 Å². The van der Waals surface area contributed by atoms with Crippen LogP contribution in [0.5, 0.6) is 17.5 Å². The molecule has 0 radical (unpaired) electrons. The van der Waals surface area contributed by atoms with Crippen molar-refractivity contribution in [1.29, 1.82) is 0 Å². The number of ether oxygens (including phenoxy) is 3. The molecule has 18 heteroatoms. The summed E-state index contributed by atoms with van der Waals surface area (Å²) in [5, 5.41) is 17.1. The van der Waals surface area contributed by atoms with Gasteiger partial charge in [-0.1, -0.05) is 0 Å². The van der Waals surface area contributed by atoms with E-state index in [2.05, 4.69) is 35.5 Å². The van der Waals surface area contributed by atoms with Crippen molar-refractivity contribution in [2.75, 3.05) is 17.5 Å². The molecule has 4 rings (SSSR count). The number of benzene rings is 2. The molecule has 2 N–H and O–H groups in total. The van der Waals surface area contributed by atoms with Gasteiger partial charge in [-0.05, 0) is 35.9 Å². The fourth-order valence-electron chi connectivity index (χ4n) is 2.89. The van der Waals surface area contributed by atoms with Crippen molar-refractivity contribution in [3.63, 3.8) is 0 Å². The number of nitrogens with one attached hydrogen (secondary N) is 2. The number of hydrogen-bond donors (Lipinski definition) is 2. The van der Waals surface area contributed by atoms with E-state index < -0.39 is 41.3 Å². The molecule has 3 aromatic rings. The Morgan fingerprint density at radius 2 is 1.63 bits per heavy atom. The molecule has 1 aromatic heterocycles. The third-order valence-electron chi connectivity index (χ3n) is 4.54. The van der Waals surface area contributed by atoms with Crippen molar-refractivity contribution < 1.29 is 45.5 Å². The van der Waals surface area contributed by atoms with E-state index >= 15 is 0 Å². The summed E-state index contributed by atoms with van der Waals surface area (Å²) < 4.78 is 92.4. The van der Waals surface area contributed by atoms with E-state index in [9.17, 15) is 36.5 Å². The minimum absolute atomic E-state index is 0.0309. The molecule has 200 valence electrons. The first-order valence-corrected chi connectivity index (χ1v) is 10.1. The number of nitrogens with zero attached hydrogens (tertiary/aromatic N) is 5. The normalized spacial score (nSPS) is 13.1. The molecule has 0 atom stereocenters. The Hall–Kier alpha value is -4.90. The number of nitro benzene ring substituents is 1. The van der Waals surface area contributed by atoms with Gasteiger partial charge < -0.3 is 19.5 Å². The van der Waals surface area contributed by atoms with Crippen molar-refractivity contribution in [3.8, 4) is 17.5 Å². The average Bonchev–Trinajstić information content (AvgIpc) is 3.29. The molecule has 12 nitrogen and oxygen atoms in total. The lowest BCUT2D eigenvalue weighted by atomic mass is 10.2. The number of non-ortho nitro benzene ring substituents is 1. The zero-order valence-electron chi connectivity index (χ0n) is 18.4. The SMILES string of the molecule is O=[N+]([O-])c1ccc(Nc2nc(N/N=C\c3ccc4c(c3)OCO4)nc(OC(C(F)(F)F)C(F)(F)F)n2)cc1. The van der Waals surface area contributed by atoms with Gasteiger partial charge in [0.15, 0.2) is 11.5 Å². The van der Waals surface area contributed by atoms with Gasteiger partial charge in [-0.15, -0.1) is 0 Å². The molecule has 0 amide bonds. The van der Waals surface area contributed by atoms with Gasteiger partial charge in [0.25, 0.3) is 17.7 Å². The molecular formula is C20H13F6N7O5. The third kappa shape index (κ3) is 6.45. The second kappa shape index (κ2) is 10.2. The van der Waals surface area contributed by atoms with E-state index in [1.807, 2.05) is 0 Å². The Balaban J connectivity index is 1.60. The number of rotatable bonds is 8. The Labute approximate surface area is 207 Å². The highest BCUT2D eigenvalue weighted by atomic mass is 19.4. The molecule has 38 heavy (non-hydrogen) atoms. The van der Waals surface area contributed by atoms with Crippen LogP contribution in [0.3, 0.4) is 0 Å². The lowest BCUT2D eigenvalue weighted by molar-refractivity contribution is -0.384. The molecule has 1 aliphatic rings. The van der Waals surface area contributed by atoms with Gasteiger partial charge >= 0.3 is 18.4 Å². The average molecular weight is 545 g/mol. The first-order chi connectivity index (χ1) is 17.9. The summed E-state index contributed by atoms with van der Waals surface area (Å²) in [6, 6.07) is 8.04. The van der Waals surface area contributed by atoms with Crippen LogP contribution in [-0.4, -0.2) is 51.3 Å². The summed E-state index contributed by atoms with van der Waals surface area (Å²) in [5.74, 6) is -0.197. The van der Waals surface area contributed by atoms with E-state index in [0.717, 1.165) is 12.1 Å². The Kier molecular flexibility index (Phi) is 7.04. The molecule has 0 spiro atoms. The van der Waals surface area contributed by atoms with Crippen LogP contribution in [0.2, 0.25) is 0 Å². The van der Waals surface area contributed by atoms with Crippen molar-refractivity contribution in [2.24, 2.45) is 5.10 Å². The molecule has 0 saturated carbocycles. The number of aromatic nitrogens is 3. The predicted molar refractivity (Wildman–Crippen MR) is 117 cm³/mol. The molecule has 1 aliphatic heterocycles. The Morgan fingerprint density at radius 3 is 2.29 bits per heavy atom. The molecule has 0 fully saturated rings. The van der Waals surface area contributed by atoms with Crippen LogP contribution in [0.1, 0.15) is 5.56 Å². The number of hydrogen-bond acceptors (Lipinski definition) is 11. The van der Waals surface area contributed by atoms with Crippen LogP contribution in [0.15, 0.2) is 47.6 Å². The lowest BCUT2D eigenvalue weighted by Gasteiger charge is -2.22. The monoisotopic (exact) mass is 545 g/mol. The van der Waals surface area contributed by atoms with Crippen LogP contribution >= 0.6 is 0 Å². The summed E-state index contributed by atoms with van der Waals surface area (Å²) in [4.78, 5) is 20.8. The topological polar surface area (TPSA) is 146 Å². The molecule has 2 heterocycles. The number of fused-ring (bicyclic) bond motifs is 1. The fourth-order valence-corrected chi connectivity index (χ4v) is 2.89. The number of halogens is 6. The number of hydrazone groups is 1. The standard InChI is InChI=1S/C20H13F6N7O5/c21-19(22,23)15(20(24,25)26)38-18-30-16(28-11-2-4-12(5-3-11)33(34)35)29-17(31-18)32-27-8-10-1-6-13-14(7-10)37-9-36-13/h1-8,15H,9H2,(H2,28,29,30,31,32)/b27-8-.